The second-order valence-corrected chi connectivity index (χ2v) is 3.83. The van der Waals surface area contributed by atoms with Crippen molar-refractivity contribution in [2.24, 2.45) is 0 Å². The molecule has 0 spiro atoms. The molecule has 1 N–H and O–H groups in total. The van der Waals surface area contributed by atoms with Crippen molar-refractivity contribution >= 4 is 11.7 Å². The van der Waals surface area contributed by atoms with Crippen LogP contribution in [-0.2, 0) is 4.79 Å². The molecule has 0 fully saturated rings. The minimum absolute atomic E-state index is 0.439. The van der Waals surface area contributed by atoms with Gasteiger partial charge in [-0.05, 0) is 23.5 Å². The Hall–Kier alpha value is -2.33. The quantitative estimate of drug-likeness (QED) is 0.834. The van der Waals surface area contributed by atoms with Crippen molar-refractivity contribution in [1.29, 1.82) is 0 Å². The van der Waals surface area contributed by atoms with E-state index in [1.165, 1.54) is 0 Å². The third-order valence-corrected chi connectivity index (χ3v) is 2.61. The molecule has 0 saturated heterocycles. The highest BCUT2D eigenvalue weighted by Crippen LogP contribution is 2.24. The molecule has 0 saturated carbocycles. The summed E-state index contributed by atoms with van der Waals surface area (Å²) in [5.74, 6) is 8.95. The van der Waals surface area contributed by atoms with Crippen LogP contribution in [0.4, 0.5) is 5.69 Å². The second-order valence-electron chi connectivity index (χ2n) is 3.83. The van der Waals surface area contributed by atoms with Gasteiger partial charge in [-0.1, -0.05) is 48.5 Å². The van der Waals surface area contributed by atoms with E-state index in [4.69, 9.17) is 0 Å². The summed E-state index contributed by atoms with van der Waals surface area (Å²) in [5.41, 5.74) is 0.963. The summed E-state index contributed by atoms with van der Waals surface area (Å²) >= 11 is 0. The van der Waals surface area contributed by atoms with Crippen molar-refractivity contribution in [3.05, 3.63) is 66.2 Å². The molecule has 0 aliphatic heterocycles. The minimum Gasteiger partial charge on any atom is -0.479 e. The third-order valence-electron chi connectivity index (χ3n) is 2.61. The summed E-state index contributed by atoms with van der Waals surface area (Å²) in [5, 5.41) is 10.0. The molecule has 2 aromatic rings. The largest absolute Gasteiger partial charge is 0.479 e. The normalized spacial score (nSPS) is 11.8. The Morgan fingerprint density at radius 3 is 2.00 bits per heavy atom. The van der Waals surface area contributed by atoms with Gasteiger partial charge in [-0.15, -0.1) is 0 Å². The second kappa shape index (κ2) is 5.33. The van der Waals surface area contributed by atoms with Gasteiger partial charge in [0.05, 0.1) is 5.69 Å². The maximum Gasteiger partial charge on any atom is 0.332 e. The van der Waals surface area contributed by atoms with Crippen LogP contribution in [0.1, 0.15) is 11.6 Å². The summed E-state index contributed by atoms with van der Waals surface area (Å²) in [4.78, 5) is 11.3. The molecule has 4 heteroatoms. The molecule has 0 aliphatic carbocycles. The fourth-order valence-electron chi connectivity index (χ4n) is 1.75. The Kier molecular flexibility index (Phi) is 3.60. The van der Waals surface area contributed by atoms with Crippen molar-refractivity contribution in [3.63, 3.8) is 0 Å². The molecule has 0 aromatic heterocycles. The first kappa shape index (κ1) is 12.1. The molecule has 0 heterocycles. The Morgan fingerprint density at radius 2 is 1.50 bits per heavy atom. The van der Waals surface area contributed by atoms with Gasteiger partial charge in [0.25, 0.3) is 0 Å². The number of rotatable bonds is 4. The van der Waals surface area contributed by atoms with Gasteiger partial charge in [-0.2, -0.15) is 0 Å². The lowest BCUT2D eigenvalue weighted by Crippen LogP contribution is -2.32. The first-order chi connectivity index (χ1) is 8.70. The maximum atomic E-state index is 11.3. The smallest absolute Gasteiger partial charge is 0.332 e. The maximum absolute atomic E-state index is 11.3. The fraction of sp³-hybridized carbons (Fsp3) is 0.0714. The van der Waals surface area contributed by atoms with Gasteiger partial charge in [-0.25, -0.2) is 4.79 Å². The Labute approximate surface area is 105 Å². The lowest BCUT2D eigenvalue weighted by molar-refractivity contribution is -0.138. The van der Waals surface area contributed by atoms with Crippen LogP contribution < -0.4 is 10.9 Å². The lowest BCUT2D eigenvalue weighted by Gasteiger charge is -2.23. The molecule has 90 valence electrons. The monoisotopic (exact) mass is 240 g/mol. The summed E-state index contributed by atoms with van der Waals surface area (Å²) in [7, 11) is 0. The zero-order valence-electron chi connectivity index (χ0n) is 9.60. The topological polar surface area (TPSA) is 62.8 Å². The zero-order chi connectivity index (χ0) is 13.0. The molecule has 0 aliphatic rings. The highest BCUT2D eigenvalue weighted by molar-refractivity contribution is 5.79. The minimum atomic E-state index is -1.12. The standard InChI is InChI=1S/C14H12N2O2/c15-16(12-9-5-2-6-10-12)13(14(17)18)11-7-3-1-4-8-11/h1-10,13H,(H,17,18)/t13-/m0/s1. The molecule has 1 atom stereocenters. The van der Waals surface area contributed by atoms with E-state index in [2.05, 4.69) is 0 Å². The number of hydrogen-bond donors (Lipinski definition) is 1. The van der Waals surface area contributed by atoms with Crippen LogP contribution in [0, 0.1) is 0 Å². The Bertz CT molecular complexity index is 514. The average molecular weight is 240 g/mol. The zero-order valence-corrected chi connectivity index (χ0v) is 9.60. The molecule has 4 nitrogen and oxygen atoms in total. The van der Waals surface area contributed by atoms with E-state index in [-0.39, 0.29) is 0 Å². The Balaban J connectivity index is 2.35. The van der Waals surface area contributed by atoms with E-state index in [1.807, 2.05) is 0 Å². The SMILES string of the molecule is [N]N(c1ccccc1)[C@H](C(=O)O)c1ccccc1. The van der Waals surface area contributed by atoms with Gasteiger partial charge in [0.15, 0.2) is 6.04 Å². The van der Waals surface area contributed by atoms with Crippen LogP contribution in [-0.4, -0.2) is 11.1 Å². The van der Waals surface area contributed by atoms with E-state index < -0.39 is 12.0 Å². The Morgan fingerprint density at radius 1 is 1.00 bits per heavy atom. The molecule has 2 rings (SSSR count). The number of aliphatic carboxylic acids is 1. The lowest BCUT2D eigenvalue weighted by atomic mass is 10.1. The van der Waals surface area contributed by atoms with Crippen molar-refractivity contribution in [3.8, 4) is 0 Å². The summed E-state index contributed by atoms with van der Waals surface area (Å²) in [6, 6.07) is 16.1. The van der Waals surface area contributed by atoms with E-state index in [0.29, 0.717) is 11.3 Å². The van der Waals surface area contributed by atoms with Gasteiger partial charge < -0.3 is 5.11 Å². The predicted octanol–water partition coefficient (Wildman–Crippen LogP) is 2.30. The molecule has 2 radical (unpaired) electrons. The van der Waals surface area contributed by atoms with Gasteiger partial charge >= 0.3 is 5.97 Å². The number of carboxylic acids is 1. The van der Waals surface area contributed by atoms with Gasteiger partial charge in [0, 0.05) is 0 Å². The number of hydrogen-bond acceptors (Lipinski definition) is 2. The number of carbonyl (C=O) groups is 1. The average Bonchev–Trinajstić information content (AvgIpc) is 2.40. The van der Waals surface area contributed by atoms with Crippen LogP contribution in [0.25, 0.3) is 0 Å². The van der Waals surface area contributed by atoms with Crippen molar-refractivity contribution in [2.45, 2.75) is 6.04 Å². The van der Waals surface area contributed by atoms with Gasteiger partial charge in [-0.3, -0.25) is 5.01 Å². The molecule has 0 bridgehead atoms. The molecular formula is C14H12N2O2. The number of anilines is 1. The molecule has 2 aromatic carbocycles. The summed E-state index contributed by atoms with van der Waals surface area (Å²) < 4.78 is 0. The highest BCUT2D eigenvalue weighted by Gasteiger charge is 2.26. The van der Waals surface area contributed by atoms with Crippen LogP contribution in [0.15, 0.2) is 60.7 Å². The van der Waals surface area contributed by atoms with Crippen molar-refractivity contribution in [2.75, 3.05) is 5.01 Å². The predicted molar refractivity (Wildman–Crippen MR) is 67.9 cm³/mol. The molecular weight excluding hydrogens is 228 g/mol. The summed E-state index contributed by atoms with van der Waals surface area (Å²) in [6.45, 7) is 0. The molecule has 18 heavy (non-hydrogen) atoms. The van der Waals surface area contributed by atoms with Crippen LogP contribution in [0.3, 0.4) is 0 Å². The van der Waals surface area contributed by atoms with Crippen LogP contribution in [0.5, 0.6) is 0 Å². The molecule has 0 amide bonds. The number of para-hydroxylation sites is 1. The van der Waals surface area contributed by atoms with E-state index in [1.54, 1.807) is 60.7 Å². The van der Waals surface area contributed by atoms with E-state index in [9.17, 15) is 15.7 Å². The molecule has 0 unspecified atom stereocenters. The van der Waals surface area contributed by atoms with Crippen molar-refractivity contribution in [1.82, 2.24) is 5.84 Å². The number of carboxylic acid groups (broad SMARTS) is 1. The number of benzene rings is 2. The van der Waals surface area contributed by atoms with E-state index in [0.717, 1.165) is 5.01 Å². The van der Waals surface area contributed by atoms with Crippen molar-refractivity contribution < 1.29 is 9.90 Å². The van der Waals surface area contributed by atoms with Crippen LogP contribution >= 0.6 is 0 Å². The fourth-order valence-corrected chi connectivity index (χ4v) is 1.75. The van der Waals surface area contributed by atoms with E-state index >= 15 is 0 Å². The first-order valence-corrected chi connectivity index (χ1v) is 5.51. The van der Waals surface area contributed by atoms with Gasteiger partial charge in [0.1, 0.15) is 0 Å². The van der Waals surface area contributed by atoms with Crippen LogP contribution in [0.2, 0.25) is 0 Å². The first-order valence-electron chi connectivity index (χ1n) is 5.51. The summed E-state index contributed by atoms with van der Waals surface area (Å²) in [6.07, 6.45) is 0. The van der Waals surface area contributed by atoms with Gasteiger partial charge in [0.2, 0.25) is 0 Å². The third kappa shape index (κ3) is 2.49. The highest BCUT2D eigenvalue weighted by atomic mass is 16.4. The number of nitrogens with zero attached hydrogens (tertiary/aromatic N) is 2.